The van der Waals surface area contributed by atoms with Gasteiger partial charge in [-0.1, -0.05) is 18.3 Å². The Morgan fingerprint density at radius 1 is 1.10 bits per heavy atom. The zero-order valence-electron chi connectivity index (χ0n) is 11.5. The molecular formula is C14H19N3O2S. The fourth-order valence-electron chi connectivity index (χ4n) is 1.86. The van der Waals surface area contributed by atoms with E-state index in [1.165, 1.54) is 17.4 Å². The van der Waals surface area contributed by atoms with Crippen LogP contribution in [0.5, 0.6) is 11.5 Å². The summed E-state index contributed by atoms with van der Waals surface area (Å²) in [5.41, 5.74) is 0.690. The Balaban J connectivity index is 1.94. The molecule has 6 heteroatoms. The first-order valence-electron chi connectivity index (χ1n) is 6.75. The Hall–Kier alpha value is -1.66. The molecule has 3 N–H and O–H groups in total. The highest BCUT2D eigenvalue weighted by atomic mass is 32.1. The first kappa shape index (κ1) is 14.7. The topological polar surface area (TPSA) is 78.3 Å². The van der Waals surface area contributed by atoms with E-state index in [2.05, 4.69) is 22.4 Å². The van der Waals surface area contributed by atoms with E-state index in [9.17, 15) is 10.2 Å². The van der Waals surface area contributed by atoms with E-state index in [0.717, 1.165) is 37.4 Å². The number of hydrogen-bond acceptors (Lipinski definition) is 6. The first-order valence-corrected chi connectivity index (χ1v) is 7.57. The second kappa shape index (κ2) is 7.21. The normalized spacial score (nSPS) is 10.8. The van der Waals surface area contributed by atoms with Gasteiger partial charge in [0.05, 0.1) is 0 Å². The SMILES string of the molecule is CCCNCCCc1nnc(-c2cc(O)cc(O)c2)s1. The molecule has 20 heavy (non-hydrogen) atoms. The number of phenolic OH excluding ortho intramolecular Hbond substituents is 2. The molecule has 0 saturated carbocycles. The number of aromatic hydroxyl groups is 2. The van der Waals surface area contributed by atoms with Crippen molar-refractivity contribution in [2.75, 3.05) is 13.1 Å². The summed E-state index contributed by atoms with van der Waals surface area (Å²) >= 11 is 1.49. The van der Waals surface area contributed by atoms with Crippen molar-refractivity contribution in [3.63, 3.8) is 0 Å². The minimum atomic E-state index is 0.0283. The molecule has 0 spiro atoms. The molecule has 0 aliphatic rings. The largest absolute Gasteiger partial charge is 0.508 e. The quantitative estimate of drug-likeness (QED) is 0.684. The molecule has 0 aliphatic heterocycles. The summed E-state index contributed by atoms with van der Waals surface area (Å²) in [4.78, 5) is 0. The summed E-state index contributed by atoms with van der Waals surface area (Å²) in [5, 5.41) is 32.2. The van der Waals surface area contributed by atoms with Crippen LogP contribution >= 0.6 is 11.3 Å². The van der Waals surface area contributed by atoms with Crippen molar-refractivity contribution < 1.29 is 10.2 Å². The van der Waals surface area contributed by atoms with Crippen LogP contribution in [-0.2, 0) is 6.42 Å². The first-order chi connectivity index (χ1) is 9.69. The molecule has 0 atom stereocenters. The number of nitrogens with one attached hydrogen (secondary N) is 1. The lowest BCUT2D eigenvalue weighted by Gasteiger charge is -2.00. The number of rotatable bonds is 7. The minimum Gasteiger partial charge on any atom is -0.508 e. The highest BCUT2D eigenvalue weighted by Crippen LogP contribution is 2.30. The summed E-state index contributed by atoms with van der Waals surface area (Å²) < 4.78 is 0. The molecule has 0 aliphatic carbocycles. The van der Waals surface area contributed by atoms with Crippen LogP contribution in [0.3, 0.4) is 0 Å². The van der Waals surface area contributed by atoms with Crippen molar-refractivity contribution in [3.05, 3.63) is 23.2 Å². The Morgan fingerprint density at radius 2 is 1.85 bits per heavy atom. The molecule has 1 heterocycles. The van der Waals surface area contributed by atoms with Gasteiger partial charge in [-0.05, 0) is 38.1 Å². The average molecular weight is 293 g/mol. The molecule has 1 aromatic heterocycles. The van der Waals surface area contributed by atoms with Gasteiger partial charge in [0.15, 0.2) is 0 Å². The third kappa shape index (κ3) is 4.18. The maximum absolute atomic E-state index is 9.47. The van der Waals surface area contributed by atoms with E-state index in [1.54, 1.807) is 12.1 Å². The fourth-order valence-corrected chi connectivity index (χ4v) is 2.72. The van der Waals surface area contributed by atoms with E-state index in [1.807, 2.05) is 0 Å². The molecular weight excluding hydrogens is 274 g/mol. The van der Waals surface area contributed by atoms with E-state index in [0.29, 0.717) is 10.6 Å². The molecule has 108 valence electrons. The third-order valence-electron chi connectivity index (χ3n) is 2.79. The molecule has 2 aromatic rings. The molecule has 0 fully saturated rings. The van der Waals surface area contributed by atoms with Gasteiger partial charge >= 0.3 is 0 Å². The van der Waals surface area contributed by atoms with Crippen molar-refractivity contribution in [3.8, 4) is 22.1 Å². The van der Waals surface area contributed by atoms with Gasteiger partial charge in [0.1, 0.15) is 21.5 Å². The third-order valence-corrected chi connectivity index (χ3v) is 3.82. The van der Waals surface area contributed by atoms with Gasteiger partial charge in [-0.15, -0.1) is 10.2 Å². The van der Waals surface area contributed by atoms with Crippen molar-refractivity contribution in [2.24, 2.45) is 0 Å². The number of aryl methyl sites for hydroxylation is 1. The second-order valence-electron chi connectivity index (χ2n) is 4.59. The number of phenols is 2. The molecule has 0 unspecified atom stereocenters. The summed E-state index contributed by atoms with van der Waals surface area (Å²) in [7, 11) is 0. The van der Waals surface area contributed by atoms with Crippen molar-refractivity contribution in [1.29, 1.82) is 0 Å². The van der Waals surface area contributed by atoms with Crippen LogP contribution in [0.1, 0.15) is 24.8 Å². The smallest absolute Gasteiger partial charge is 0.148 e. The summed E-state index contributed by atoms with van der Waals surface area (Å²) in [6.45, 7) is 4.17. The fraction of sp³-hybridized carbons (Fsp3) is 0.429. The predicted molar refractivity (Wildman–Crippen MR) is 80.2 cm³/mol. The van der Waals surface area contributed by atoms with Crippen molar-refractivity contribution in [1.82, 2.24) is 15.5 Å². The van der Waals surface area contributed by atoms with Crippen LogP contribution in [-0.4, -0.2) is 33.5 Å². The Labute approximate surface area is 122 Å². The van der Waals surface area contributed by atoms with E-state index in [4.69, 9.17) is 0 Å². The predicted octanol–water partition coefficient (Wildman–Crippen LogP) is 2.55. The van der Waals surface area contributed by atoms with Gasteiger partial charge in [0, 0.05) is 18.1 Å². The van der Waals surface area contributed by atoms with Gasteiger partial charge in [0.25, 0.3) is 0 Å². The van der Waals surface area contributed by atoms with Crippen LogP contribution in [0, 0.1) is 0 Å². The van der Waals surface area contributed by atoms with Gasteiger partial charge in [-0.25, -0.2) is 0 Å². The average Bonchev–Trinajstić information content (AvgIpc) is 2.86. The number of benzene rings is 1. The second-order valence-corrected chi connectivity index (χ2v) is 5.65. The molecule has 1 aromatic carbocycles. The van der Waals surface area contributed by atoms with Gasteiger partial charge in [0.2, 0.25) is 0 Å². The molecule has 0 radical (unpaired) electrons. The highest BCUT2D eigenvalue weighted by Gasteiger charge is 2.08. The molecule has 0 bridgehead atoms. The lowest BCUT2D eigenvalue weighted by atomic mass is 10.2. The van der Waals surface area contributed by atoms with E-state index < -0.39 is 0 Å². The molecule has 5 nitrogen and oxygen atoms in total. The zero-order valence-corrected chi connectivity index (χ0v) is 12.3. The lowest BCUT2D eigenvalue weighted by Crippen LogP contribution is -2.16. The number of aromatic nitrogens is 2. The van der Waals surface area contributed by atoms with Gasteiger partial charge < -0.3 is 15.5 Å². The van der Waals surface area contributed by atoms with Crippen LogP contribution in [0.25, 0.3) is 10.6 Å². The van der Waals surface area contributed by atoms with E-state index in [-0.39, 0.29) is 11.5 Å². The number of nitrogens with zero attached hydrogens (tertiary/aromatic N) is 2. The van der Waals surface area contributed by atoms with Crippen LogP contribution in [0.15, 0.2) is 18.2 Å². The van der Waals surface area contributed by atoms with Crippen LogP contribution < -0.4 is 5.32 Å². The molecule has 0 amide bonds. The maximum Gasteiger partial charge on any atom is 0.148 e. The van der Waals surface area contributed by atoms with Gasteiger partial charge in [-0.2, -0.15) is 0 Å². The number of hydrogen-bond donors (Lipinski definition) is 3. The monoisotopic (exact) mass is 293 g/mol. The Kier molecular flexibility index (Phi) is 5.31. The van der Waals surface area contributed by atoms with Crippen LogP contribution in [0.2, 0.25) is 0 Å². The highest BCUT2D eigenvalue weighted by molar-refractivity contribution is 7.14. The van der Waals surface area contributed by atoms with Crippen molar-refractivity contribution in [2.45, 2.75) is 26.2 Å². The van der Waals surface area contributed by atoms with Crippen LogP contribution in [0.4, 0.5) is 0 Å². The van der Waals surface area contributed by atoms with Gasteiger partial charge in [-0.3, -0.25) is 0 Å². The minimum absolute atomic E-state index is 0.0283. The molecule has 0 saturated heterocycles. The molecule has 2 rings (SSSR count). The lowest BCUT2D eigenvalue weighted by molar-refractivity contribution is 0.451. The summed E-state index contributed by atoms with van der Waals surface area (Å²) in [6, 6.07) is 4.45. The Bertz CT molecular complexity index is 537. The maximum atomic E-state index is 9.47. The standard InChI is InChI=1S/C14H19N3O2S/c1-2-5-15-6-3-4-13-16-17-14(20-13)10-7-11(18)9-12(19)8-10/h7-9,15,18-19H,2-6H2,1H3. The van der Waals surface area contributed by atoms with E-state index >= 15 is 0 Å². The summed E-state index contributed by atoms with van der Waals surface area (Å²) in [6.07, 6.45) is 3.06. The Morgan fingerprint density at radius 3 is 2.55 bits per heavy atom. The van der Waals surface area contributed by atoms with Crippen molar-refractivity contribution >= 4 is 11.3 Å². The zero-order chi connectivity index (χ0) is 14.4. The summed E-state index contributed by atoms with van der Waals surface area (Å²) in [5.74, 6) is 0.0565.